The zero-order valence-corrected chi connectivity index (χ0v) is 18.9. The fourth-order valence-electron chi connectivity index (χ4n) is 3.48. The number of aromatic nitrogens is 3. The van der Waals surface area contributed by atoms with Gasteiger partial charge in [-0.15, -0.1) is 24.9 Å². The molecule has 0 amide bonds. The molecule has 3 aromatic rings. The Morgan fingerprint density at radius 3 is 2.32 bits per heavy atom. The molecule has 184 valence electrons. The van der Waals surface area contributed by atoms with Crippen molar-refractivity contribution in [3.05, 3.63) is 77.9 Å². The third-order valence-corrected chi connectivity index (χ3v) is 6.74. The van der Waals surface area contributed by atoms with Crippen LogP contribution < -0.4 is 4.74 Å². The molecule has 1 aromatic heterocycles. The Labute approximate surface area is 196 Å². The highest BCUT2D eigenvalue weighted by Crippen LogP contribution is 2.40. The van der Waals surface area contributed by atoms with E-state index in [0.29, 0.717) is 11.6 Å². The van der Waals surface area contributed by atoms with E-state index >= 15 is 0 Å². The van der Waals surface area contributed by atoms with E-state index in [0.717, 1.165) is 36.0 Å². The van der Waals surface area contributed by atoms with Gasteiger partial charge in [-0.05, 0) is 23.8 Å². The van der Waals surface area contributed by atoms with Gasteiger partial charge >= 0.3 is 6.36 Å². The number of hydrogen-bond acceptors (Lipinski definition) is 6. The molecule has 6 nitrogen and oxygen atoms in total. The quantitative estimate of drug-likeness (QED) is 0.416. The maximum Gasteiger partial charge on any atom is 0.573 e. The van der Waals surface area contributed by atoms with Gasteiger partial charge in [0.05, 0.1) is 12.6 Å². The summed E-state index contributed by atoms with van der Waals surface area (Å²) in [5.74, 6) is -2.17. The van der Waals surface area contributed by atoms with E-state index < -0.39 is 46.0 Å². The van der Waals surface area contributed by atoms with Crippen LogP contribution in [0.1, 0.15) is 31.1 Å². The second kappa shape index (κ2) is 10.3. The molecule has 0 aliphatic rings. The van der Waals surface area contributed by atoms with Gasteiger partial charge in [-0.3, -0.25) is 0 Å². The van der Waals surface area contributed by atoms with Gasteiger partial charge in [-0.2, -0.15) is 5.10 Å². The van der Waals surface area contributed by atoms with E-state index in [2.05, 4.69) is 14.8 Å². The first-order valence-electron chi connectivity index (χ1n) is 10.1. The third kappa shape index (κ3) is 6.24. The van der Waals surface area contributed by atoms with E-state index in [9.17, 15) is 32.2 Å². The lowest BCUT2D eigenvalue weighted by atomic mass is 9.90. The van der Waals surface area contributed by atoms with Crippen molar-refractivity contribution in [3.8, 4) is 5.75 Å². The van der Waals surface area contributed by atoms with Crippen LogP contribution in [-0.2, 0) is 12.1 Å². The molecule has 2 aromatic carbocycles. The zero-order chi connectivity index (χ0) is 25.1. The number of rotatable bonds is 9. The molecule has 2 N–H and O–H groups in total. The topological polar surface area (TPSA) is 80.4 Å². The number of halogens is 5. The molecule has 0 spiro atoms. The van der Waals surface area contributed by atoms with Crippen LogP contribution in [0, 0.1) is 11.6 Å². The van der Waals surface area contributed by atoms with Gasteiger partial charge in [0.25, 0.3) is 0 Å². The number of aliphatic hydroxyl groups is 2. The highest BCUT2D eigenvalue weighted by molar-refractivity contribution is 8.00. The second-order valence-electron chi connectivity index (χ2n) is 7.69. The summed E-state index contributed by atoms with van der Waals surface area (Å²) in [6, 6.07) is 7.62. The minimum atomic E-state index is -4.83. The summed E-state index contributed by atoms with van der Waals surface area (Å²) in [4.78, 5) is 3.81. The maximum atomic E-state index is 14.7. The molecular formula is C22H22F5N3O3S. The molecular weight excluding hydrogens is 481 g/mol. The van der Waals surface area contributed by atoms with Crippen LogP contribution in [0.2, 0.25) is 0 Å². The number of hydrogen-bond donors (Lipinski definition) is 2. The summed E-state index contributed by atoms with van der Waals surface area (Å²) < 4.78 is 70.3. The number of ether oxygens (including phenoxy) is 1. The lowest BCUT2D eigenvalue weighted by molar-refractivity contribution is -0.274. The Morgan fingerprint density at radius 1 is 1.09 bits per heavy atom. The normalized spacial score (nSPS) is 16.5. The monoisotopic (exact) mass is 503 g/mol. The SMILES string of the molecule is CC(S[C@H](C)[C@](O)(Cn1cncn1)c1ccc(F)cc1F)C(O)c1ccc(OC(F)(F)F)cc1. The van der Waals surface area contributed by atoms with Crippen molar-refractivity contribution in [2.45, 2.75) is 49.0 Å². The standard InChI is InChI=1S/C22H22F5N3O3S/c1-13(20(31)15-3-6-17(7-4-15)33-22(25,26)27)34-14(2)21(32,10-30-12-28-11-29-30)18-8-5-16(23)9-19(18)24/h3-9,11-14,20,31-32H,10H2,1-2H3/t13?,14-,20?,21-/m1/s1. The van der Waals surface area contributed by atoms with Crippen molar-refractivity contribution in [2.24, 2.45) is 0 Å². The van der Waals surface area contributed by atoms with Gasteiger partial charge in [-0.1, -0.05) is 32.0 Å². The molecule has 4 atom stereocenters. The second-order valence-corrected chi connectivity index (χ2v) is 9.41. The first kappa shape index (κ1) is 25.9. The van der Waals surface area contributed by atoms with E-state index in [1.165, 1.54) is 29.5 Å². The Balaban J connectivity index is 1.80. The van der Waals surface area contributed by atoms with E-state index in [4.69, 9.17) is 0 Å². The van der Waals surface area contributed by atoms with Crippen LogP contribution >= 0.6 is 11.8 Å². The molecule has 1 heterocycles. The number of alkyl halides is 3. The summed E-state index contributed by atoms with van der Waals surface area (Å²) in [6.07, 6.45) is -3.37. The predicted octanol–water partition coefficient (Wildman–Crippen LogP) is 4.59. The van der Waals surface area contributed by atoms with Crippen molar-refractivity contribution >= 4 is 11.8 Å². The zero-order valence-electron chi connectivity index (χ0n) is 18.1. The maximum absolute atomic E-state index is 14.7. The number of aliphatic hydroxyl groups excluding tert-OH is 1. The van der Waals surface area contributed by atoms with Crippen LogP contribution in [0.25, 0.3) is 0 Å². The Hall–Kier alpha value is -2.70. The third-order valence-electron chi connectivity index (χ3n) is 5.26. The van der Waals surface area contributed by atoms with Gasteiger partial charge in [0.15, 0.2) is 0 Å². The molecule has 0 radical (unpaired) electrons. The summed E-state index contributed by atoms with van der Waals surface area (Å²) >= 11 is 1.12. The highest BCUT2D eigenvalue weighted by atomic mass is 32.2. The molecule has 12 heteroatoms. The molecule has 0 saturated heterocycles. The van der Waals surface area contributed by atoms with Gasteiger partial charge < -0.3 is 14.9 Å². The minimum absolute atomic E-state index is 0.153. The molecule has 0 aliphatic carbocycles. The average molecular weight is 503 g/mol. The lowest BCUT2D eigenvalue weighted by Gasteiger charge is -2.36. The summed E-state index contributed by atoms with van der Waals surface area (Å²) in [7, 11) is 0. The van der Waals surface area contributed by atoms with Crippen molar-refractivity contribution in [1.82, 2.24) is 14.8 Å². The van der Waals surface area contributed by atoms with Crippen molar-refractivity contribution in [3.63, 3.8) is 0 Å². The molecule has 2 unspecified atom stereocenters. The molecule has 0 aliphatic heterocycles. The largest absolute Gasteiger partial charge is 0.573 e. The molecule has 34 heavy (non-hydrogen) atoms. The Morgan fingerprint density at radius 2 is 1.76 bits per heavy atom. The summed E-state index contributed by atoms with van der Waals surface area (Å²) in [5, 5.41) is 24.9. The smallest absolute Gasteiger partial charge is 0.406 e. The van der Waals surface area contributed by atoms with Gasteiger partial charge in [0.2, 0.25) is 0 Å². The average Bonchev–Trinajstić information content (AvgIpc) is 3.25. The van der Waals surface area contributed by atoms with Crippen LogP contribution in [-0.4, -0.2) is 41.8 Å². The lowest BCUT2D eigenvalue weighted by Crippen LogP contribution is -2.42. The number of thioether (sulfide) groups is 1. The number of benzene rings is 2. The van der Waals surface area contributed by atoms with Gasteiger partial charge in [0, 0.05) is 22.1 Å². The van der Waals surface area contributed by atoms with E-state index in [1.54, 1.807) is 13.8 Å². The highest BCUT2D eigenvalue weighted by Gasteiger charge is 2.41. The molecule has 0 bridgehead atoms. The van der Waals surface area contributed by atoms with Crippen LogP contribution in [0.5, 0.6) is 5.75 Å². The number of nitrogens with zero attached hydrogens (tertiary/aromatic N) is 3. The van der Waals surface area contributed by atoms with E-state index in [-0.39, 0.29) is 12.1 Å². The van der Waals surface area contributed by atoms with Crippen molar-refractivity contribution in [2.75, 3.05) is 0 Å². The minimum Gasteiger partial charge on any atom is -0.406 e. The van der Waals surface area contributed by atoms with Crippen LogP contribution in [0.15, 0.2) is 55.1 Å². The fraction of sp³-hybridized carbons (Fsp3) is 0.364. The molecule has 3 rings (SSSR count). The Bertz CT molecular complexity index is 1080. The molecule has 0 saturated carbocycles. The predicted molar refractivity (Wildman–Crippen MR) is 115 cm³/mol. The first-order valence-corrected chi connectivity index (χ1v) is 11.0. The van der Waals surface area contributed by atoms with Gasteiger partial charge in [0.1, 0.15) is 35.6 Å². The van der Waals surface area contributed by atoms with Crippen LogP contribution in [0.4, 0.5) is 22.0 Å². The van der Waals surface area contributed by atoms with Crippen molar-refractivity contribution < 1.29 is 36.9 Å². The Kier molecular flexibility index (Phi) is 7.84. The van der Waals surface area contributed by atoms with E-state index in [1.807, 2.05) is 0 Å². The summed E-state index contributed by atoms with van der Waals surface area (Å²) in [6.45, 7) is 3.08. The first-order chi connectivity index (χ1) is 15.9. The van der Waals surface area contributed by atoms with Gasteiger partial charge in [-0.25, -0.2) is 18.4 Å². The van der Waals surface area contributed by atoms with Crippen molar-refractivity contribution in [1.29, 1.82) is 0 Å². The molecule has 0 fully saturated rings. The summed E-state index contributed by atoms with van der Waals surface area (Å²) in [5.41, 5.74) is -1.69. The fourth-order valence-corrected chi connectivity index (χ4v) is 4.86. The van der Waals surface area contributed by atoms with Crippen LogP contribution in [0.3, 0.4) is 0 Å².